The molecule has 14 heavy (non-hydrogen) atoms. The number of benzene rings is 1. The second kappa shape index (κ2) is 4.06. The Labute approximate surface area is 94.1 Å². The molecule has 0 aliphatic heterocycles. The quantitative estimate of drug-likeness (QED) is 0.839. The summed E-state index contributed by atoms with van der Waals surface area (Å²) < 4.78 is 10.4. The van der Waals surface area contributed by atoms with E-state index in [2.05, 4.69) is 25.3 Å². The minimum absolute atomic E-state index is 0.562. The van der Waals surface area contributed by atoms with Crippen LogP contribution in [0.1, 0.15) is 5.56 Å². The van der Waals surface area contributed by atoms with E-state index in [1.807, 2.05) is 25.1 Å². The number of nitrogens with zero attached hydrogens (tertiary/aromatic N) is 2. The van der Waals surface area contributed by atoms with Crippen LogP contribution < -0.4 is 4.74 Å². The van der Waals surface area contributed by atoms with Crippen molar-refractivity contribution in [2.45, 2.75) is 6.92 Å². The molecule has 0 unspecified atom stereocenters. The molecule has 0 saturated heterocycles. The fourth-order valence-corrected chi connectivity index (χ4v) is 1.65. The molecule has 2 rings (SSSR count). The lowest BCUT2D eigenvalue weighted by Crippen LogP contribution is -1.84. The van der Waals surface area contributed by atoms with Crippen LogP contribution in [0.4, 0.5) is 0 Å². The van der Waals surface area contributed by atoms with E-state index in [1.165, 1.54) is 17.9 Å². The van der Waals surface area contributed by atoms with Gasteiger partial charge in [-0.25, -0.2) is 0 Å². The Bertz CT molecular complexity index is 430. The normalized spacial score (nSPS) is 10.1. The van der Waals surface area contributed by atoms with E-state index in [1.54, 1.807) is 0 Å². The summed E-state index contributed by atoms with van der Waals surface area (Å²) in [4.78, 5) is 3.94. The maximum absolute atomic E-state index is 5.48. The third-order valence-corrected chi connectivity index (χ3v) is 3.11. The molecular formula is C9H7BrN2OS. The predicted molar refractivity (Wildman–Crippen MR) is 58.9 cm³/mol. The summed E-state index contributed by atoms with van der Waals surface area (Å²) in [5.41, 5.74) is 1.13. The van der Waals surface area contributed by atoms with Gasteiger partial charge >= 0.3 is 0 Å². The van der Waals surface area contributed by atoms with Crippen molar-refractivity contribution in [3.05, 3.63) is 34.6 Å². The second-order valence-corrected chi connectivity index (χ2v) is 4.32. The third kappa shape index (κ3) is 2.10. The van der Waals surface area contributed by atoms with Crippen LogP contribution in [0, 0.1) is 6.92 Å². The van der Waals surface area contributed by atoms with E-state index in [-0.39, 0.29) is 0 Å². The van der Waals surface area contributed by atoms with E-state index < -0.39 is 0 Å². The molecule has 0 aliphatic carbocycles. The summed E-state index contributed by atoms with van der Waals surface area (Å²) >= 11 is 4.66. The van der Waals surface area contributed by atoms with Gasteiger partial charge in [0.1, 0.15) is 12.1 Å². The van der Waals surface area contributed by atoms with Crippen molar-refractivity contribution in [1.29, 1.82) is 0 Å². The molecule has 0 fully saturated rings. The SMILES string of the molecule is Cc1cc(Oc2ncns2)ccc1Br. The van der Waals surface area contributed by atoms with Crippen LogP contribution in [0.15, 0.2) is 29.0 Å². The molecule has 1 heterocycles. The number of hydrogen-bond donors (Lipinski definition) is 0. The largest absolute Gasteiger partial charge is 0.430 e. The fourth-order valence-electron chi connectivity index (χ4n) is 0.989. The van der Waals surface area contributed by atoms with Gasteiger partial charge in [0.05, 0.1) is 0 Å². The molecular weight excluding hydrogens is 264 g/mol. The molecule has 0 atom stereocenters. The maximum atomic E-state index is 5.48. The highest BCUT2D eigenvalue weighted by Gasteiger charge is 2.01. The van der Waals surface area contributed by atoms with Gasteiger partial charge < -0.3 is 4.74 Å². The standard InChI is InChI=1S/C9H7BrN2OS/c1-6-4-7(2-3-8(6)10)13-9-11-5-12-14-9/h2-5H,1H3. The van der Waals surface area contributed by atoms with Crippen LogP contribution in [-0.2, 0) is 0 Å². The fraction of sp³-hybridized carbons (Fsp3) is 0.111. The molecule has 5 heteroatoms. The van der Waals surface area contributed by atoms with Gasteiger partial charge in [-0.3, -0.25) is 0 Å². The first-order valence-electron chi connectivity index (χ1n) is 3.96. The van der Waals surface area contributed by atoms with Crippen molar-refractivity contribution in [1.82, 2.24) is 9.36 Å². The molecule has 3 nitrogen and oxygen atoms in total. The average Bonchev–Trinajstić information content (AvgIpc) is 2.64. The zero-order chi connectivity index (χ0) is 9.97. The van der Waals surface area contributed by atoms with Crippen molar-refractivity contribution in [2.75, 3.05) is 0 Å². The van der Waals surface area contributed by atoms with Gasteiger partial charge in [-0.15, -0.1) is 0 Å². The first kappa shape index (κ1) is 9.61. The molecule has 0 bridgehead atoms. The Morgan fingerprint density at radius 1 is 1.43 bits per heavy atom. The van der Waals surface area contributed by atoms with E-state index in [9.17, 15) is 0 Å². The van der Waals surface area contributed by atoms with Crippen molar-refractivity contribution in [2.24, 2.45) is 0 Å². The van der Waals surface area contributed by atoms with Gasteiger partial charge in [0, 0.05) is 16.0 Å². The molecule has 0 saturated carbocycles. The van der Waals surface area contributed by atoms with E-state index in [0.717, 1.165) is 15.8 Å². The number of ether oxygens (including phenoxy) is 1. The first-order valence-corrected chi connectivity index (χ1v) is 5.53. The summed E-state index contributed by atoms with van der Waals surface area (Å²) in [6, 6.07) is 5.79. The molecule has 1 aromatic heterocycles. The van der Waals surface area contributed by atoms with Gasteiger partial charge in [-0.1, -0.05) is 15.9 Å². The Morgan fingerprint density at radius 3 is 2.93 bits per heavy atom. The summed E-state index contributed by atoms with van der Waals surface area (Å²) in [5.74, 6) is 0.780. The first-order chi connectivity index (χ1) is 6.75. The van der Waals surface area contributed by atoms with Crippen LogP contribution in [0.25, 0.3) is 0 Å². The van der Waals surface area contributed by atoms with Crippen molar-refractivity contribution >= 4 is 27.5 Å². The minimum Gasteiger partial charge on any atom is -0.430 e. The molecule has 0 radical (unpaired) electrons. The third-order valence-electron chi connectivity index (χ3n) is 1.68. The topological polar surface area (TPSA) is 35.0 Å². The number of hydrogen-bond acceptors (Lipinski definition) is 4. The Morgan fingerprint density at radius 2 is 2.29 bits per heavy atom. The zero-order valence-electron chi connectivity index (χ0n) is 7.40. The van der Waals surface area contributed by atoms with Gasteiger partial charge in [0.25, 0.3) is 5.19 Å². The highest BCUT2D eigenvalue weighted by Crippen LogP contribution is 2.26. The van der Waals surface area contributed by atoms with Crippen LogP contribution in [0.3, 0.4) is 0 Å². The lowest BCUT2D eigenvalue weighted by atomic mass is 10.2. The molecule has 0 amide bonds. The van der Waals surface area contributed by atoms with Crippen LogP contribution in [0.5, 0.6) is 10.9 Å². The predicted octanol–water partition coefficient (Wildman–Crippen LogP) is 3.40. The van der Waals surface area contributed by atoms with E-state index in [4.69, 9.17) is 4.74 Å². The van der Waals surface area contributed by atoms with Crippen LogP contribution in [0.2, 0.25) is 0 Å². The second-order valence-electron chi connectivity index (χ2n) is 2.72. The molecule has 72 valence electrons. The van der Waals surface area contributed by atoms with Gasteiger partial charge in [-0.2, -0.15) is 9.36 Å². The van der Waals surface area contributed by atoms with E-state index in [0.29, 0.717) is 5.19 Å². The molecule has 0 aliphatic rings. The van der Waals surface area contributed by atoms with Crippen LogP contribution >= 0.6 is 27.5 Å². The Kier molecular flexibility index (Phi) is 2.79. The number of halogens is 1. The van der Waals surface area contributed by atoms with Gasteiger partial charge in [0.15, 0.2) is 0 Å². The number of rotatable bonds is 2. The lowest BCUT2D eigenvalue weighted by molar-refractivity contribution is 0.478. The number of aryl methyl sites for hydroxylation is 1. The Balaban J connectivity index is 2.22. The molecule has 2 aromatic rings. The summed E-state index contributed by atoms with van der Waals surface area (Å²) in [6.07, 6.45) is 1.48. The van der Waals surface area contributed by atoms with E-state index >= 15 is 0 Å². The zero-order valence-corrected chi connectivity index (χ0v) is 9.80. The molecule has 0 spiro atoms. The van der Waals surface area contributed by atoms with Gasteiger partial charge in [-0.05, 0) is 30.7 Å². The summed E-state index contributed by atoms with van der Waals surface area (Å²) in [7, 11) is 0. The highest BCUT2D eigenvalue weighted by molar-refractivity contribution is 9.10. The maximum Gasteiger partial charge on any atom is 0.298 e. The monoisotopic (exact) mass is 270 g/mol. The summed E-state index contributed by atoms with van der Waals surface area (Å²) in [5, 5.41) is 0.562. The average molecular weight is 271 g/mol. The smallest absolute Gasteiger partial charge is 0.298 e. The summed E-state index contributed by atoms with van der Waals surface area (Å²) in [6.45, 7) is 2.01. The van der Waals surface area contributed by atoms with Crippen LogP contribution in [-0.4, -0.2) is 9.36 Å². The molecule has 1 aromatic carbocycles. The number of aromatic nitrogens is 2. The Hall–Kier alpha value is -0.940. The van der Waals surface area contributed by atoms with Gasteiger partial charge in [0.2, 0.25) is 0 Å². The van der Waals surface area contributed by atoms with Crippen molar-refractivity contribution in [3.63, 3.8) is 0 Å². The minimum atomic E-state index is 0.562. The molecule has 0 N–H and O–H groups in total. The highest BCUT2D eigenvalue weighted by atomic mass is 79.9. The van der Waals surface area contributed by atoms with Crippen molar-refractivity contribution in [3.8, 4) is 10.9 Å². The lowest BCUT2D eigenvalue weighted by Gasteiger charge is -2.03. The van der Waals surface area contributed by atoms with Crippen molar-refractivity contribution < 1.29 is 4.74 Å².